The highest BCUT2D eigenvalue weighted by Crippen LogP contribution is 2.25. The molecule has 1 aliphatic heterocycles. The van der Waals surface area contributed by atoms with E-state index in [1.807, 2.05) is 19.9 Å². The highest BCUT2D eigenvalue weighted by Gasteiger charge is 2.41. The van der Waals surface area contributed by atoms with Gasteiger partial charge in [-0.25, -0.2) is 0 Å². The Labute approximate surface area is 127 Å². The van der Waals surface area contributed by atoms with Gasteiger partial charge in [0.15, 0.2) is 0 Å². The van der Waals surface area contributed by atoms with Crippen molar-refractivity contribution in [3.05, 3.63) is 35.9 Å². The molecule has 0 radical (unpaired) electrons. The number of ether oxygens (including phenoxy) is 1. The van der Waals surface area contributed by atoms with Crippen molar-refractivity contribution in [2.75, 3.05) is 26.2 Å². The molecule has 0 saturated carbocycles. The van der Waals surface area contributed by atoms with Gasteiger partial charge in [-0.15, -0.1) is 0 Å². The van der Waals surface area contributed by atoms with Crippen molar-refractivity contribution in [2.24, 2.45) is 0 Å². The fourth-order valence-corrected chi connectivity index (χ4v) is 3.00. The number of piperidine rings is 1. The van der Waals surface area contributed by atoms with Crippen molar-refractivity contribution in [2.45, 2.75) is 38.8 Å². The van der Waals surface area contributed by atoms with Gasteiger partial charge in [0.25, 0.3) is 0 Å². The lowest BCUT2D eigenvalue weighted by atomic mass is 9.87. The van der Waals surface area contributed by atoms with Gasteiger partial charge in [0.1, 0.15) is 5.54 Å². The summed E-state index contributed by atoms with van der Waals surface area (Å²) < 4.78 is 5.27. The highest BCUT2D eigenvalue weighted by atomic mass is 16.5. The first-order chi connectivity index (χ1) is 10.2. The lowest BCUT2D eigenvalue weighted by Gasteiger charge is -2.40. The van der Waals surface area contributed by atoms with Crippen molar-refractivity contribution < 1.29 is 9.53 Å². The van der Waals surface area contributed by atoms with Crippen LogP contribution >= 0.6 is 0 Å². The van der Waals surface area contributed by atoms with Gasteiger partial charge in [0, 0.05) is 19.6 Å². The second-order valence-electron chi connectivity index (χ2n) is 5.59. The minimum Gasteiger partial charge on any atom is -0.465 e. The van der Waals surface area contributed by atoms with E-state index in [9.17, 15) is 4.79 Å². The molecule has 1 saturated heterocycles. The van der Waals surface area contributed by atoms with Crippen molar-refractivity contribution >= 4 is 5.97 Å². The van der Waals surface area contributed by atoms with E-state index in [-0.39, 0.29) is 5.97 Å². The molecule has 0 spiro atoms. The number of carbonyl (C=O) groups is 1. The summed E-state index contributed by atoms with van der Waals surface area (Å²) in [5, 5.41) is 3.37. The van der Waals surface area contributed by atoms with Gasteiger partial charge in [-0.3, -0.25) is 9.69 Å². The SMILES string of the molecule is CCNC1(C(=O)OCC)CCN(Cc2ccccc2)CC1. The molecule has 0 aliphatic carbocycles. The number of hydrogen-bond donors (Lipinski definition) is 1. The van der Waals surface area contributed by atoms with E-state index in [4.69, 9.17) is 4.74 Å². The Morgan fingerprint density at radius 3 is 2.48 bits per heavy atom. The van der Waals surface area contributed by atoms with E-state index in [1.165, 1.54) is 5.56 Å². The third-order valence-electron chi connectivity index (χ3n) is 4.14. The van der Waals surface area contributed by atoms with Gasteiger partial charge >= 0.3 is 5.97 Å². The summed E-state index contributed by atoms with van der Waals surface area (Å²) in [6, 6.07) is 10.5. The Hall–Kier alpha value is -1.39. The summed E-state index contributed by atoms with van der Waals surface area (Å²) in [7, 11) is 0. The summed E-state index contributed by atoms with van der Waals surface area (Å²) in [5.74, 6) is -0.0915. The molecule has 1 N–H and O–H groups in total. The normalized spacial score (nSPS) is 18.4. The lowest BCUT2D eigenvalue weighted by Crippen LogP contribution is -2.58. The third kappa shape index (κ3) is 4.05. The molecule has 1 aromatic carbocycles. The number of benzene rings is 1. The van der Waals surface area contributed by atoms with Crippen LogP contribution in [-0.2, 0) is 16.1 Å². The van der Waals surface area contributed by atoms with Crippen LogP contribution in [-0.4, -0.2) is 42.6 Å². The Morgan fingerprint density at radius 2 is 1.90 bits per heavy atom. The molecule has 1 aliphatic rings. The maximum atomic E-state index is 12.3. The van der Waals surface area contributed by atoms with Crippen molar-refractivity contribution in [1.29, 1.82) is 0 Å². The molecule has 116 valence electrons. The average Bonchev–Trinajstić information content (AvgIpc) is 2.51. The third-order valence-corrected chi connectivity index (χ3v) is 4.14. The van der Waals surface area contributed by atoms with Crippen LogP contribution in [0.25, 0.3) is 0 Å². The van der Waals surface area contributed by atoms with Gasteiger partial charge in [-0.1, -0.05) is 37.3 Å². The second kappa shape index (κ2) is 7.57. The van der Waals surface area contributed by atoms with E-state index >= 15 is 0 Å². The summed E-state index contributed by atoms with van der Waals surface area (Å²) in [5.41, 5.74) is 0.836. The fraction of sp³-hybridized carbons (Fsp3) is 0.588. The van der Waals surface area contributed by atoms with Crippen LogP contribution in [0.15, 0.2) is 30.3 Å². The first-order valence-corrected chi connectivity index (χ1v) is 7.88. The number of rotatable bonds is 6. The molecule has 4 nitrogen and oxygen atoms in total. The van der Waals surface area contributed by atoms with Crippen LogP contribution < -0.4 is 5.32 Å². The molecular weight excluding hydrogens is 264 g/mol. The predicted molar refractivity (Wildman–Crippen MR) is 84.0 cm³/mol. The molecule has 2 rings (SSSR count). The van der Waals surface area contributed by atoms with E-state index in [1.54, 1.807) is 0 Å². The number of hydrogen-bond acceptors (Lipinski definition) is 4. The molecular formula is C17H26N2O2. The van der Waals surface area contributed by atoms with E-state index in [2.05, 4.69) is 34.5 Å². The van der Waals surface area contributed by atoms with Crippen molar-refractivity contribution in [3.8, 4) is 0 Å². The average molecular weight is 290 g/mol. The zero-order valence-electron chi connectivity index (χ0n) is 13.1. The van der Waals surface area contributed by atoms with Crippen LogP contribution in [0.4, 0.5) is 0 Å². The standard InChI is InChI=1S/C17H26N2O2/c1-3-18-17(16(20)21-4-2)10-12-19(13-11-17)14-15-8-6-5-7-9-15/h5-9,18H,3-4,10-14H2,1-2H3. The first-order valence-electron chi connectivity index (χ1n) is 7.88. The number of nitrogens with zero attached hydrogens (tertiary/aromatic N) is 1. The van der Waals surface area contributed by atoms with E-state index in [0.29, 0.717) is 6.61 Å². The highest BCUT2D eigenvalue weighted by molar-refractivity contribution is 5.81. The van der Waals surface area contributed by atoms with Crippen LogP contribution in [0.5, 0.6) is 0 Å². The fourth-order valence-electron chi connectivity index (χ4n) is 3.00. The number of likely N-dealkylation sites (N-methyl/N-ethyl adjacent to an activating group) is 1. The maximum absolute atomic E-state index is 12.3. The van der Waals surface area contributed by atoms with Crippen LogP contribution in [0.3, 0.4) is 0 Å². The molecule has 0 unspecified atom stereocenters. The van der Waals surface area contributed by atoms with Crippen LogP contribution in [0.1, 0.15) is 32.3 Å². The molecule has 0 atom stereocenters. The Morgan fingerprint density at radius 1 is 1.24 bits per heavy atom. The smallest absolute Gasteiger partial charge is 0.326 e. The molecule has 4 heteroatoms. The van der Waals surface area contributed by atoms with Gasteiger partial charge in [0.2, 0.25) is 0 Å². The van der Waals surface area contributed by atoms with Crippen molar-refractivity contribution in [1.82, 2.24) is 10.2 Å². The van der Waals surface area contributed by atoms with Gasteiger partial charge in [-0.2, -0.15) is 0 Å². The molecule has 0 aromatic heterocycles. The van der Waals surface area contributed by atoms with Crippen LogP contribution in [0.2, 0.25) is 0 Å². The molecule has 1 aromatic rings. The monoisotopic (exact) mass is 290 g/mol. The largest absolute Gasteiger partial charge is 0.465 e. The molecule has 1 fully saturated rings. The Kier molecular flexibility index (Phi) is 5.76. The minimum atomic E-state index is -0.488. The Bertz CT molecular complexity index is 439. The van der Waals surface area contributed by atoms with Crippen molar-refractivity contribution in [3.63, 3.8) is 0 Å². The second-order valence-corrected chi connectivity index (χ2v) is 5.59. The minimum absolute atomic E-state index is 0.0915. The summed E-state index contributed by atoms with van der Waals surface area (Å²) in [6.07, 6.45) is 1.62. The van der Waals surface area contributed by atoms with Gasteiger partial charge in [-0.05, 0) is 31.9 Å². The first kappa shape index (κ1) is 16.0. The Balaban J connectivity index is 1.94. The summed E-state index contributed by atoms with van der Waals surface area (Å²) in [6.45, 7) is 7.92. The number of likely N-dealkylation sites (tertiary alicyclic amines) is 1. The number of nitrogens with one attached hydrogen (secondary N) is 1. The maximum Gasteiger partial charge on any atom is 0.326 e. The number of esters is 1. The zero-order valence-corrected chi connectivity index (χ0v) is 13.1. The number of carbonyl (C=O) groups excluding carboxylic acids is 1. The molecule has 0 bridgehead atoms. The van der Waals surface area contributed by atoms with Gasteiger partial charge in [0.05, 0.1) is 6.61 Å². The molecule has 0 amide bonds. The summed E-state index contributed by atoms with van der Waals surface area (Å²) in [4.78, 5) is 14.7. The topological polar surface area (TPSA) is 41.6 Å². The summed E-state index contributed by atoms with van der Waals surface area (Å²) >= 11 is 0. The zero-order chi connectivity index (χ0) is 15.1. The van der Waals surface area contributed by atoms with E-state index < -0.39 is 5.54 Å². The molecule has 1 heterocycles. The van der Waals surface area contributed by atoms with Crippen LogP contribution in [0, 0.1) is 0 Å². The van der Waals surface area contributed by atoms with Gasteiger partial charge < -0.3 is 10.1 Å². The lowest BCUT2D eigenvalue weighted by molar-refractivity contribution is -0.153. The quantitative estimate of drug-likeness (QED) is 0.816. The molecule has 21 heavy (non-hydrogen) atoms. The predicted octanol–water partition coefficient (Wildman–Crippen LogP) is 2.19. The van der Waals surface area contributed by atoms with E-state index in [0.717, 1.165) is 39.0 Å².